The molecule has 0 saturated heterocycles. The molecule has 0 aromatic heterocycles. The van der Waals surface area contributed by atoms with E-state index < -0.39 is 0 Å². The van der Waals surface area contributed by atoms with Gasteiger partial charge in [0.25, 0.3) is 0 Å². The largest absolute Gasteiger partial charge is 0.325 e. The number of nitrogens with two attached hydrogens (primary N) is 1. The van der Waals surface area contributed by atoms with Gasteiger partial charge in [-0.15, -0.1) is 0 Å². The van der Waals surface area contributed by atoms with E-state index in [1.807, 2.05) is 25.1 Å². The summed E-state index contributed by atoms with van der Waals surface area (Å²) >= 11 is 0. The molecular weight excluding hydrogens is 165 g/mol. The van der Waals surface area contributed by atoms with Crippen LogP contribution in [0.4, 0.5) is 4.39 Å². The van der Waals surface area contributed by atoms with Crippen LogP contribution in [0.25, 0.3) is 0 Å². The van der Waals surface area contributed by atoms with Gasteiger partial charge in [0, 0.05) is 6.04 Å². The summed E-state index contributed by atoms with van der Waals surface area (Å²) in [4.78, 5) is 0. The summed E-state index contributed by atoms with van der Waals surface area (Å²) in [5.41, 5.74) is 6.49. The summed E-state index contributed by atoms with van der Waals surface area (Å²) in [6, 6.07) is 6.65. The molecule has 0 aliphatic rings. The summed E-state index contributed by atoms with van der Waals surface area (Å²) in [6.45, 7) is 1.90. The molecule has 0 aliphatic heterocycles. The second-order valence-electron chi connectivity index (χ2n) is 3.12. The molecule has 0 radical (unpaired) electrons. The third-order valence-electron chi connectivity index (χ3n) is 1.68. The number of halogens is 1. The number of hydrogen-bond acceptors (Lipinski definition) is 1. The zero-order chi connectivity index (χ0) is 9.68. The Labute approximate surface area is 78.1 Å². The van der Waals surface area contributed by atoms with Gasteiger partial charge in [0.05, 0.1) is 0 Å². The summed E-state index contributed by atoms with van der Waals surface area (Å²) in [7, 11) is 0. The Kier molecular flexibility index (Phi) is 3.65. The van der Waals surface area contributed by atoms with Crippen molar-refractivity contribution < 1.29 is 4.39 Å². The molecule has 0 fully saturated rings. The fraction of sp³-hybridized carbons (Fsp3) is 0.273. The van der Waals surface area contributed by atoms with E-state index in [2.05, 4.69) is 0 Å². The standard InChI is InChI=1S/C11H14FN/c1-9(13)4-2-5-10-6-3-7-11(12)8-10/h2-4,6-9H,5,13H2,1H3/b4-2-. The SMILES string of the molecule is CC(N)/C=C\Cc1cccc(F)c1. The average Bonchev–Trinajstić information content (AvgIpc) is 2.03. The van der Waals surface area contributed by atoms with Gasteiger partial charge in [-0.3, -0.25) is 0 Å². The third-order valence-corrected chi connectivity index (χ3v) is 1.68. The first-order valence-electron chi connectivity index (χ1n) is 4.35. The lowest BCUT2D eigenvalue weighted by Crippen LogP contribution is -2.10. The van der Waals surface area contributed by atoms with Crippen LogP contribution in [0.2, 0.25) is 0 Å². The molecule has 0 spiro atoms. The van der Waals surface area contributed by atoms with Crippen LogP contribution < -0.4 is 5.73 Å². The van der Waals surface area contributed by atoms with E-state index >= 15 is 0 Å². The molecule has 1 nitrogen and oxygen atoms in total. The second kappa shape index (κ2) is 4.77. The minimum atomic E-state index is -0.188. The van der Waals surface area contributed by atoms with Gasteiger partial charge in [0.15, 0.2) is 0 Å². The highest BCUT2D eigenvalue weighted by molar-refractivity contribution is 5.19. The van der Waals surface area contributed by atoms with Crippen molar-refractivity contribution in [2.24, 2.45) is 5.73 Å². The first-order valence-corrected chi connectivity index (χ1v) is 4.35. The number of hydrogen-bond donors (Lipinski definition) is 1. The second-order valence-corrected chi connectivity index (χ2v) is 3.12. The number of benzene rings is 1. The molecule has 1 unspecified atom stereocenters. The van der Waals surface area contributed by atoms with Gasteiger partial charge >= 0.3 is 0 Å². The molecule has 1 rings (SSSR count). The third kappa shape index (κ3) is 3.85. The number of rotatable bonds is 3. The Morgan fingerprint density at radius 1 is 1.54 bits per heavy atom. The van der Waals surface area contributed by atoms with Gasteiger partial charge in [-0.1, -0.05) is 24.3 Å². The maximum Gasteiger partial charge on any atom is 0.123 e. The van der Waals surface area contributed by atoms with Crippen molar-refractivity contribution in [3.63, 3.8) is 0 Å². The summed E-state index contributed by atoms with van der Waals surface area (Å²) < 4.78 is 12.7. The lowest BCUT2D eigenvalue weighted by molar-refractivity contribution is 0.626. The molecule has 0 saturated carbocycles. The van der Waals surface area contributed by atoms with Crippen molar-refractivity contribution in [2.45, 2.75) is 19.4 Å². The Bertz CT molecular complexity index is 292. The Hall–Kier alpha value is -1.15. The monoisotopic (exact) mass is 179 g/mol. The minimum Gasteiger partial charge on any atom is -0.325 e. The van der Waals surface area contributed by atoms with Gasteiger partial charge in [0.1, 0.15) is 5.82 Å². The van der Waals surface area contributed by atoms with E-state index in [9.17, 15) is 4.39 Å². The quantitative estimate of drug-likeness (QED) is 0.708. The summed E-state index contributed by atoms with van der Waals surface area (Å²) in [6.07, 6.45) is 4.60. The first-order chi connectivity index (χ1) is 6.18. The zero-order valence-electron chi connectivity index (χ0n) is 7.70. The zero-order valence-corrected chi connectivity index (χ0v) is 7.70. The fourth-order valence-electron chi connectivity index (χ4n) is 1.08. The van der Waals surface area contributed by atoms with E-state index in [0.717, 1.165) is 12.0 Å². The summed E-state index contributed by atoms with van der Waals surface area (Å²) in [5.74, 6) is -0.188. The maximum atomic E-state index is 12.7. The van der Waals surface area contributed by atoms with Crippen molar-refractivity contribution >= 4 is 0 Å². The molecule has 0 aliphatic carbocycles. The lowest BCUT2D eigenvalue weighted by Gasteiger charge is -1.97. The van der Waals surface area contributed by atoms with Crippen LogP contribution in [0.3, 0.4) is 0 Å². The first kappa shape index (κ1) is 9.93. The van der Waals surface area contributed by atoms with Crippen LogP contribution in [0, 0.1) is 5.82 Å². The molecule has 70 valence electrons. The predicted molar refractivity (Wildman–Crippen MR) is 52.9 cm³/mol. The predicted octanol–water partition coefficient (Wildman–Crippen LogP) is 2.27. The van der Waals surface area contributed by atoms with Gasteiger partial charge < -0.3 is 5.73 Å². The highest BCUT2D eigenvalue weighted by atomic mass is 19.1. The Balaban J connectivity index is 2.55. The van der Waals surface area contributed by atoms with Gasteiger partial charge in [-0.2, -0.15) is 0 Å². The molecule has 2 heteroatoms. The summed E-state index contributed by atoms with van der Waals surface area (Å²) in [5, 5.41) is 0. The minimum absolute atomic E-state index is 0.0635. The smallest absolute Gasteiger partial charge is 0.123 e. The van der Waals surface area contributed by atoms with Crippen molar-refractivity contribution in [2.75, 3.05) is 0 Å². The van der Waals surface area contributed by atoms with Gasteiger partial charge in [0.2, 0.25) is 0 Å². The van der Waals surface area contributed by atoms with E-state index in [-0.39, 0.29) is 11.9 Å². The molecule has 0 heterocycles. The highest BCUT2D eigenvalue weighted by Crippen LogP contribution is 2.04. The van der Waals surface area contributed by atoms with Gasteiger partial charge in [-0.05, 0) is 31.0 Å². The molecule has 2 N–H and O–H groups in total. The Morgan fingerprint density at radius 2 is 2.31 bits per heavy atom. The van der Waals surface area contributed by atoms with Crippen LogP contribution in [0.5, 0.6) is 0 Å². The van der Waals surface area contributed by atoms with Crippen LogP contribution in [-0.4, -0.2) is 6.04 Å². The molecule has 0 bridgehead atoms. The number of allylic oxidation sites excluding steroid dienone is 1. The molecule has 1 aromatic carbocycles. The van der Waals surface area contributed by atoms with Crippen molar-refractivity contribution in [3.8, 4) is 0 Å². The average molecular weight is 179 g/mol. The van der Waals surface area contributed by atoms with E-state index in [1.54, 1.807) is 6.07 Å². The normalized spacial score (nSPS) is 13.5. The van der Waals surface area contributed by atoms with Crippen molar-refractivity contribution in [1.29, 1.82) is 0 Å². The van der Waals surface area contributed by atoms with E-state index in [0.29, 0.717) is 0 Å². The lowest BCUT2D eigenvalue weighted by atomic mass is 10.1. The topological polar surface area (TPSA) is 26.0 Å². The van der Waals surface area contributed by atoms with Crippen molar-refractivity contribution in [1.82, 2.24) is 0 Å². The fourth-order valence-corrected chi connectivity index (χ4v) is 1.08. The van der Waals surface area contributed by atoms with Crippen LogP contribution in [0.15, 0.2) is 36.4 Å². The molecule has 1 atom stereocenters. The molecular formula is C11H14FN. The highest BCUT2D eigenvalue weighted by Gasteiger charge is 1.92. The molecule has 0 amide bonds. The molecule has 1 aromatic rings. The van der Waals surface area contributed by atoms with E-state index in [1.165, 1.54) is 12.1 Å². The van der Waals surface area contributed by atoms with Crippen molar-refractivity contribution in [3.05, 3.63) is 47.8 Å². The van der Waals surface area contributed by atoms with Crippen LogP contribution in [0.1, 0.15) is 12.5 Å². The van der Waals surface area contributed by atoms with Gasteiger partial charge in [-0.25, -0.2) is 4.39 Å². The van der Waals surface area contributed by atoms with Crippen LogP contribution in [-0.2, 0) is 6.42 Å². The van der Waals surface area contributed by atoms with E-state index in [4.69, 9.17) is 5.73 Å². The van der Waals surface area contributed by atoms with Crippen LogP contribution >= 0.6 is 0 Å². The Morgan fingerprint density at radius 3 is 2.92 bits per heavy atom. The molecule has 13 heavy (non-hydrogen) atoms. The maximum absolute atomic E-state index is 12.7.